The van der Waals surface area contributed by atoms with E-state index in [4.69, 9.17) is 16.3 Å². The minimum Gasteiger partial charge on any atom is -0.483 e. The average molecular weight is 299 g/mol. The van der Waals surface area contributed by atoms with Crippen LogP contribution in [0.25, 0.3) is 0 Å². The third-order valence-corrected chi connectivity index (χ3v) is 3.06. The quantitative estimate of drug-likeness (QED) is 0.838. The lowest BCUT2D eigenvalue weighted by molar-refractivity contribution is -0.129. The Morgan fingerprint density at radius 2 is 1.95 bits per heavy atom. The standard InChI is InChI=1S/C14H19ClN2O3/c1-8(2)11-6-12(15)9(3)5-13(11)20-7-14(19)17-16-10(4)18/h5-6,8H,7H2,1-4H3,(H,16,18)(H,17,19). The number of ether oxygens (including phenoxy) is 1. The summed E-state index contributed by atoms with van der Waals surface area (Å²) in [5, 5.41) is 0.670. The number of rotatable bonds is 4. The molecule has 0 aliphatic rings. The number of amides is 2. The van der Waals surface area contributed by atoms with E-state index in [0.29, 0.717) is 10.8 Å². The summed E-state index contributed by atoms with van der Waals surface area (Å²) in [6.45, 7) is 7.04. The Labute approximate surface area is 123 Å². The molecule has 2 N–H and O–H groups in total. The van der Waals surface area contributed by atoms with Gasteiger partial charge in [0.2, 0.25) is 5.91 Å². The van der Waals surface area contributed by atoms with E-state index in [9.17, 15) is 9.59 Å². The molecule has 0 saturated heterocycles. The molecule has 0 saturated carbocycles. The lowest BCUT2D eigenvalue weighted by Crippen LogP contribution is -2.42. The van der Waals surface area contributed by atoms with Gasteiger partial charge in [-0.3, -0.25) is 20.4 Å². The number of aryl methyl sites for hydroxylation is 1. The van der Waals surface area contributed by atoms with Gasteiger partial charge in [-0.15, -0.1) is 0 Å². The molecular formula is C14H19ClN2O3. The third kappa shape index (κ3) is 4.74. The van der Waals surface area contributed by atoms with Crippen molar-refractivity contribution in [1.82, 2.24) is 10.9 Å². The number of nitrogens with one attached hydrogen (secondary N) is 2. The van der Waals surface area contributed by atoms with Crippen LogP contribution < -0.4 is 15.6 Å². The highest BCUT2D eigenvalue weighted by atomic mass is 35.5. The largest absolute Gasteiger partial charge is 0.483 e. The predicted octanol–water partition coefficient (Wildman–Crippen LogP) is 2.32. The molecule has 2 amide bonds. The zero-order valence-electron chi connectivity index (χ0n) is 12.0. The van der Waals surface area contributed by atoms with Gasteiger partial charge in [0.1, 0.15) is 5.75 Å². The molecule has 0 aromatic heterocycles. The fourth-order valence-corrected chi connectivity index (χ4v) is 1.76. The van der Waals surface area contributed by atoms with Gasteiger partial charge in [-0.2, -0.15) is 0 Å². The Balaban J connectivity index is 2.74. The predicted molar refractivity (Wildman–Crippen MR) is 77.7 cm³/mol. The van der Waals surface area contributed by atoms with Crippen molar-refractivity contribution in [3.05, 3.63) is 28.3 Å². The topological polar surface area (TPSA) is 67.4 Å². The van der Waals surface area contributed by atoms with Gasteiger partial charge >= 0.3 is 0 Å². The first kappa shape index (κ1) is 16.3. The molecule has 20 heavy (non-hydrogen) atoms. The van der Waals surface area contributed by atoms with Crippen LogP contribution in [0.15, 0.2) is 12.1 Å². The van der Waals surface area contributed by atoms with Crippen LogP contribution in [0.3, 0.4) is 0 Å². The monoisotopic (exact) mass is 298 g/mol. The van der Waals surface area contributed by atoms with Crippen molar-refractivity contribution in [2.75, 3.05) is 6.61 Å². The minimum absolute atomic E-state index is 0.179. The second kappa shape index (κ2) is 7.14. The fraction of sp³-hybridized carbons (Fsp3) is 0.429. The zero-order chi connectivity index (χ0) is 15.3. The Bertz CT molecular complexity index is 515. The van der Waals surface area contributed by atoms with Crippen molar-refractivity contribution in [2.45, 2.75) is 33.6 Å². The molecular weight excluding hydrogens is 280 g/mol. The highest BCUT2D eigenvalue weighted by molar-refractivity contribution is 6.31. The van der Waals surface area contributed by atoms with E-state index in [0.717, 1.165) is 11.1 Å². The van der Waals surface area contributed by atoms with Gasteiger partial charge < -0.3 is 4.74 Å². The van der Waals surface area contributed by atoms with Crippen LogP contribution in [0, 0.1) is 6.92 Å². The summed E-state index contributed by atoms with van der Waals surface area (Å²) < 4.78 is 5.51. The molecule has 0 aliphatic carbocycles. The van der Waals surface area contributed by atoms with E-state index in [2.05, 4.69) is 10.9 Å². The average Bonchev–Trinajstić information content (AvgIpc) is 2.36. The van der Waals surface area contributed by atoms with Gasteiger partial charge in [0.05, 0.1) is 0 Å². The molecule has 0 aliphatic heterocycles. The Hall–Kier alpha value is -1.75. The Morgan fingerprint density at radius 1 is 1.30 bits per heavy atom. The normalized spacial score (nSPS) is 10.3. The smallest absolute Gasteiger partial charge is 0.276 e. The maximum Gasteiger partial charge on any atom is 0.276 e. The molecule has 1 aromatic rings. The van der Waals surface area contributed by atoms with Gasteiger partial charge in [-0.1, -0.05) is 25.4 Å². The number of hydrogen-bond donors (Lipinski definition) is 2. The van der Waals surface area contributed by atoms with Crippen LogP contribution >= 0.6 is 11.6 Å². The summed E-state index contributed by atoms with van der Waals surface area (Å²) in [6.07, 6.45) is 0. The van der Waals surface area contributed by atoms with E-state index in [-0.39, 0.29) is 18.4 Å². The molecule has 5 nitrogen and oxygen atoms in total. The molecule has 110 valence electrons. The fourth-order valence-electron chi connectivity index (χ4n) is 1.58. The highest BCUT2D eigenvalue weighted by Crippen LogP contribution is 2.31. The maximum atomic E-state index is 11.5. The van der Waals surface area contributed by atoms with Crippen molar-refractivity contribution in [3.63, 3.8) is 0 Å². The zero-order valence-corrected chi connectivity index (χ0v) is 12.8. The van der Waals surface area contributed by atoms with E-state index in [1.807, 2.05) is 32.9 Å². The van der Waals surface area contributed by atoms with Crippen molar-refractivity contribution in [2.24, 2.45) is 0 Å². The van der Waals surface area contributed by atoms with Crippen molar-refractivity contribution in [1.29, 1.82) is 0 Å². The first-order valence-corrected chi connectivity index (χ1v) is 6.67. The van der Waals surface area contributed by atoms with E-state index < -0.39 is 5.91 Å². The van der Waals surface area contributed by atoms with Crippen molar-refractivity contribution >= 4 is 23.4 Å². The summed E-state index contributed by atoms with van der Waals surface area (Å²) in [4.78, 5) is 22.1. The molecule has 0 unspecified atom stereocenters. The van der Waals surface area contributed by atoms with Gasteiger partial charge in [-0.25, -0.2) is 0 Å². The molecule has 0 atom stereocenters. The first-order chi connectivity index (χ1) is 9.31. The number of hydrazine groups is 1. The van der Waals surface area contributed by atoms with Gasteiger partial charge in [0.15, 0.2) is 6.61 Å². The van der Waals surface area contributed by atoms with E-state index in [1.165, 1.54) is 6.92 Å². The van der Waals surface area contributed by atoms with E-state index >= 15 is 0 Å². The van der Waals surface area contributed by atoms with Gasteiger partial charge in [-0.05, 0) is 36.1 Å². The van der Waals surface area contributed by atoms with Crippen LogP contribution in [0.5, 0.6) is 5.75 Å². The Kier molecular flexibility index (Phi) is 5.82. The second-order valence-corrected chi connectivity index (χ2v) is 5.22. The molecule has 6 heteroatoms. The molecule has 0 radical (unpaired) electrons. The number of carbonyl (C=O) groups is 2. The van der Waals surface area contributed by atoms with Crippen molar-refractivity contribution < 1.29 is 14.3 Å². The summed E-state index contributed by atoms with van der Waals surface area (Å²) >= 11 is 6.09. The van der Waals surface area contributed by atoms with Crippen LogP contribution in [-0.2, 0) is 9.59 Å². The summed E-state index contributed by atoms with van der Waals surface area (Å²) in [5.41, 5.74) is 6.26. The van der Waals surface area contributed by atoms with Crippen LogP contribution in [0.1, 0.15) is 37.8 Å². The van der Waals surface area contributed by atoms with Gasteiger partial charge in [0, 0.05) is 11.9 Å². The SMILES string of the molecule is CC(=O)NNC(=O)COc1cc(C)c(Cl)cc1C(C)C. The third-order valence-electron chi connectivity index (χ3n) is 2.65. The highest BCUT2D eigenvalue weighted by Gasteiger charge is 2.12. The lowest BCUT2D eigenvalue weighted by Gasteiger charge is -2.15. The number of benzene rings is 1. The molecule has 0 bridgehead atoms. The molecule has 0 spiro atoms. The van der Waals surface area contributed by atoms with E-state index in [1.54, 1.807) is 0 Å². The summed E-state index contributed by atoms with van der Waals surface area (Å²) in [6, 6.07) is 3.66. The molecule has 0 fully saturated rings. The number of hydrogen-bond acceptors (Lipinski definition) is 3. The summed E-state index contributed by atoms with van der Waals surface area (Å²) in [7, 11) is 0. The first-order valence-electron chi connectivity index (χ1n) is 6.29. The number of carbonyl (C=O) groups excluding carboxylic acids is 2. The van der Waals surface area contributed by atoms with Gasteiger partial charge in [0.25, 0.3) is 5.91 Å². The number of halogens is 1. The van der Waals surface area contributed by atoms with Crippen molar-refractivity contribution in [3.8, 4) is 5.75 Å². The summed E-state index contributed by atoms with van der Waals surface area (Å²) in [5.74, 6) is 0.0763. The lowest BCUT2D eigenvalue weighted by atomic mass is 10.0. The Morgan fingerprint density at radius 3 is 2.50 bits per heavy atom. The molecule has 1 aromatic carbocycles. The second-order valence-electron chi connectivity index (χ2n) is 4.81. The molecule has 1 rings (SSSR count). The van der Waals surface area contributed by atoms with Crippen LogP contribution in [0.4, 0.5) is 0 Å². The van der Waals surface area contributed by atoms with Crippen LogP contribution in [-0.4, -0.2) is 18.4 Å². The molecule has 0 heterocycles. The minimum atomic E-state index is -0.428. The maximum absolute atomic E-state index is 11.5. The van der Waals surface area contributed by atoms with Crippen LogP contribution in [0.2, 0.25) is 5.02 Å².